The van der Waals surface area contributed by atoms with Crippen LogP contribution in [-0.4, -0.2) is 0 Å². The van der Waals surface area contributed by atoms with Crippen molar-refractivity contribution in [1.82, 2.24) is 0 Å². The highest BCUT2D eigenvalue weighted by Gasteiger charge is 2.23. The van der Waals surface area contributed by atoms with Gasteiger partial charge in [-0.3, -0.25) is 0 Å². The fourth-order valence-corrected chi connectivity index (χ4v) is 8.28. The lowest BCUT2D eigenvalue weighted by Gasteiger charge is -2.29. The van der Waals surface area contributed by atoms with Crippen LogP contribution < -0.4 is 4.90 Å². The number of hydrogen-bond donors (Lipinski definition) is 0. The molecule has 0 saturated carbocycles. The van der Waals surface area contributed by atoms with Crippen LogP contribution >= 0.6 is 11.3 Å². The van der Waals surface area contributed by atoms with Gasteiger partial charge in [0, 0.05) is 26.7 Å². The number of para-hydroxylation sites is 1. The summed E-state index contributed by atoms with van der Waals surface area (Å²) in [5.41, 5.74) is 10.7. The minimum atomic E-state index is 1.12. The van der Waals surface area contributed by atoms with E-state index in [1.807, 2.05) is 11.3 Å². The topological polar surface area (TPSA) is 3.24 Å². The van der Waals surface area contributed by atoms with Crippen LogP contribution in [0.1, 0.15) is 0 Å². The molecule has 2 heteroatoms. The summed E-state index contributed by atoms with van der Waals surface area (Å²) in [5.74, 6) is 0. The smallest absolute Gasteiger partial charge is 0.0640 e. The van der Waals surface area contributed by atoms with Crippen LogP contribution in [0.15, 0.2) is 188 Å². The van der Waals surface area contributed by atoms with E-state index in [1.54, 1.807) is 0 Å². The summed E-state index contributed by atoms with van der Waals surface area (Å²) in [4.78, 5) is 2.48. The van der Waals surface area contributed by atoms with E-state index in [0.29, 0.717) is 0 Å². The molecule has 0 aliphatic rings. The zero-order valence-corrected chi connectivity index (χ0v) is 27.1. The highest BCUT2D eigenvalue weighted by atomic mass is 32.1. The Morgan fingerprint density at radius 1 is 0.354 bits per heavy atom. The van der Waals surface area contributed by atoms with E-state index in [0.717, 1.165) is 11.4 Å². The van der Waals surface area contributed by atoms with Gasteiger partial charge in [0.2, 0.25) is 0 Å². The fraction of sp³-hybridized carbons (Fsp3) is 0. The molecule has 0 radical (unpaired) electrons. The molecule has 9 aromatic rings. The quantitative estimate of drug-likeness (QED) is 0.177. The lowest BCUT2D eigenvalue weighted by atomic mass is 9.93. The van der Waals surface area contributed by atoms with Gasteiger partial charge in [-0.15, -0.1) is 11.3 Å². The second-order valence-electron chi connectivity index (χ2n) is 12.1. The Bertz CT molecular complexity index is 2560. The average molecular weight is 630 g/mol. The molecule has 0 aliphatic heterocycles. The Hall–Kier alpha value is -5.96. The molecule has 0 atom stereocenters. The van der Waals surface area contributed by atoms with Gasteiger partial charge in [-0.05, 0) is 68.9 Å². The average Bonchev–Trinajstić information content (AvgIpc) is 3.55. The van der Waals surface area contributed by atoms with Crippen molar-refractivity contribution in [3.05, 3.63) is 188 Å². The van der Waals surface area contributed by atoms with Gasteiger partial charge >= 0.3 is 0 Å². The van der Waals surface area contributed by atoms with E-state index in [2.05, 4.69) is 193 Å². The standard InChI is InChI=1S/C46H31NS/c1-3-15-32(16-4-1)37-30-29-35(31-42(37)34-17-5-2-6-18-34)47(44-27-14-25-41-40-23-10-12-28-45(40)48-46(41)44)43-26-11-9-22-39(43)38-24-13-20-33-19-7-8-21-36(33)38/h1-31H. The van der Waals surface area contributed by atoms with Crippen LogP contribution in [0.2, 0.25) is 0 Å². The number of benzene rings is 8. The largest absolute Gasteiger partial charge is 0.308 e. The first kappa shape index (κ1) is 28.3. The van der Waals surface area contributed by atoms with E-state index in [9.17, 15) is 0 Å². The zero-order chi connectivity index (χ0) is 31.9. The number of hydrogen-bond acceptors (Lipinski definition) is 2. The number of thiophene rings is 1. The number of anilines is 3. The minimum Gasteiger partial charge on any atom is -0.308 e. The first-order chi connectivity index (χ1) is 23.8. The van der Waals surface area contributed by atoms with Gasteiger partial charge in [0.15, 0.2) is 0 Å². The summed E-state index contributed by atoms with van der Waals surface area (Å²) in [7, 11) is 0. The Morgan fingerprint density at radius 3 is 1.77 bits per heavy atom. The Balaban J connectivity index is 1.35. The van der Waals surface area contributed by atoms with Gasteiger partial charge in [-0.2, -0.15) is 0 Å². The van der Waals surface area contributed by atoms with Gasteiger partial charge in [0.1, 0.15) is 0 Å². The molecule has 0 saturated heterocycles. The highest BCUT2D eigenvalue weighted by molar-refractivity contribution is 7.26. The molecule has 0 unspecified atom stereocenters. The lowest BCUT2D eigenvalue weighted by molar-refractivity contribution is 1.30. The SMILES string of the molecule is c1ccc(-c2ccc(N(c3ccccc3-c3cccc4ccccc34)c3cccc4c3sc3ccccc34)cc2-c2ccccc2)cc1. The van der Waals surface area contributed by atoms with E-state index < -0.39 is 0 Å². The normalized spacial score (nSPS) is 11.3. The van der Waals surface area contributed by atoms with Gasteiger partial charge < -0.3 is 4.90 Å². The van der Waals surface area contributed by atoms with Gasteiger partial charge in [0.05, 0.1) is 16.1 Å². The van der Waals surface area contributed by atoms with E-state index in [-0.39, 0.29) is 0 Å². The second kappa shape index (κ2) is 12.0. The van der Waals surface area contributed by atoms with Crippen molar-refractivity contribution in [2.24, 2.45) is 0 Å². The maximum Gasteiger partial charge on any atom is 0.0640 e. The Morgan fingerprint density at radius 2 is 0.938 bits per heavy atom. The summed E-state index contributed by atoms with van der Waals surface area (Å²) in [6, 6.07) is 68.2. The van der Waals surface area contributed by atoms with Crippen LogP contribution in [0, 0.1) is 0 Å². The van der Waals surface area contributed by atoms with Crippen LogP contribution in [0.5, 0.6) is 0 Å². The molecular formula is C46H31NS. The van der Waals surface area contributed by atoms with Crippen LogP contribution in [-0.2, 0) is 0 Å². The lowest BCUT2D eigenvalue weighted by Crippen LogP contribution is -2.12. The molecule has 0 bridgehead atoms. The predicted octanol–water partition coefficient (Wildman–Crippen LogP) is 13.7. The maximum absolute atomic E-state index is 2.48. The first-order valence-electron chi connectivity index (χ1n) is 16.4. The number of nitrogens with zero attached hydrogens (tertiary/aromatic N) is 1. The van der Waals surface area contributed by atoms with Crippen molar-refractivity contribution in [1.29, 1.82) is 0 Å². The maximum atomic E-state index is 2.48. The molecule has 1 nitrogen and oxygen atoms in total. The number of fused-ring (bicyclic) bond motifs is 4. The summed E-state index contributed by atoms with van der Waals surface area (Å²) in [5, 5.41) is 5.06. The molecule has 226 valence electrons. The first-order valence-corrected chi connectivity index (χ1v) is 17.2. The molecule has 0 aliphatic carbocycles. The third-order valence-corrected chi connectivity index (χ3v) is 10.5. The Labute approximate surface area is 284 Å². The van der Waals surface area contributed by atoms with E-state index in [1.165, 1.54) is 70.0 Å². The van der Waals surface area contributed by atoms with Crippen LogP contribution in [0.25, 0.3) is 64.3 Å². The van der Waals surface area contributed by atoms with Gasteiger partial charge in [-0.25, -0.2) is 0 Å². The molecule has 8 aromatic carbocycles. The fourth-order valence-electron chi connectivity index (χ4n) is 7.07. The molecule has 48 heavy (non-hydrogen) atoms. The van der Waals surface area contributed by atoms with Crippen LogP contribution in [0.3, 0.4) is 0 Å². The number of rotatable bonds is 6. The molecule has 0 spiro atoms. The van der Waals surface area contributed by atoms with E-state index in [4.69, 9.17) is 0 Å². The van der Waals surface area contributed by atoms with E-state index >= 15 is 0 Å². The predicted molar refractivity (Wildman–Crippen MR) is 208 cm³/mol. The molecule has 1 aromatic heterocycles. The molecule has 0 N–H and O–H groups in total. The minimum absolute atomic E-state index is 1.12. The van der Waals surface area contributed by atoms with Crippen molar-refractivity contribution in [2.45, 2.75) is 0 Å². The third kappa shape index (κ3) is 4.86. The molecule has 0 amide bonds. The van der Waals surface area contributed by atoms with Gasteiger partial charge in [0.25, 0.3) is 0 Å². The molecule has 0 fully saturated rings. The van der Waals surface area contributed by atoms with Crippen molar-refractivity contribution in [2.75, 3.05) is 4.90 Å². The second-order valence-corrected chi connectivity index (χ2v) is 13.1. The van der Waals surface area contributed by atoms with Crippen molar-refractivity contribution in [3.8, 4) is 33.4 Å². The molecule has 9 rings (SSSR count). The van der Waals surface area contributed by atoms with Crippen molar-refractivity contribution < 1.29 is 0 Å². The highest BCUT2D eigenvalue weighted by Crippen LogP contribution is 2.49. The van der Waals surface area contributed by atoms with Gasteiger partial charge in [-0.1, -0.05) is 158 Å². The van der Waals surface area contributed by atoms with Crippen molar-refractivity contribution >= 4 is 59.3 Å². The van der Waals surface area contributed by atoms with Crippen LogP contribution in [0.4, 0.5) is 17.1 Å². The monoisotopic (exact) mass is 629 g/mol. The third-order valence-electron chi connectivity index (χ3n) is 9.28. The summed E-state index contributed by atoms with van der Waals surface area (Å²) < 4.78 is 2.58. The molecular weight excluding hydrogens is 599 g/mol. The summed E-state index contributed by atoms with van der Waals surface area (Å²) >= 11 is 1.87. The zero-order valence-electron chi connectivity index (χ0n) is 26.3. The summed E-state index contributed by atoms with van der Waals surface area (Å²) in [6.45, 7) is 0. The Kier molecular flexibility index (Phi) is 7.07. The molecule has 1 heterocycles. The van der Waals surface area contributed by atoms with Crippen molar-refractivity contribution in [3.63, 3.8) is 0 Å². The summed E-state index contributed by atoms with van der Waals surface area (Å²) in [6.07, 6.45) is 0.